The predicted molar refractivity (Wildman–Crippen MR) is 133 cm³/mol. The molecule has 0 bridgehead atoms. The van der Waals surface area contributed by atoms with Crippen molar-refractivity contribution in [1.29, 1.82) is 0 Å². The smallest absolute Gasteiger partial charge is 0.252 e. The fourth-order valence-corrected chi connectivity index (χ4v) is 4.97. The van der Waals surface area contributed by atoms with Crippen LogP contribution in [0.25, 0.3) is 10.9 Å². The summed E-state index contributed by atoms with van der Waals surface area (Å²) < 4.78 is 18.8. The molecule has 2 unspecified atom stereocenters. The van der Waals surface area contributed by atoms with E-state index >= 15 is 0 Å². The van der Waals surface area contributed by atoms with Crippen LogP contribution in [-0.4, -0.2) is 49.9 Å². The lowest BCUT2D eigenvalue weighted by Crippen LogP contribution is -2.35. The number of aromatic nitrogens is 5. The second-order valence-corrected chi connectivity index (χ2v) is 9.60. The number of aromatic amines is 1. The molecule has 0 aliphatic carbocycles. The molecule has 5 rings (SSSR count). The maximum Gasteiger partial charge on any atom is 0.252 e. The Balaban J connectivity index is 1.51. The summed E-state index contributed by atoms with van der Waals surface area (Å²) in [6.07, 6.45) is 3.82. The number of H-pyrrole nitrogens is 1. The number of fused-ring (bicyclic) bond motifs is 1. The molecule has 1 saturated heterocycles. The molecule has 1 aromatic carbocycles. The van der Waals surface area contributed by atoms with Gasteiger partial charge in [-0.15, -0.1) is 5.10 Å². The van der Waals surface area contributed by atoms with Gasteiger partial charge in [-0.1, -0.05) is 13.8 Å². The van der Waals surface area contributed by atoms with Crippen LogP contribution in [0.2, 0.25) is 0 Å². The number of tetrazole rings is 1. The minimum absolute atomic E-state index is 0.108. The van der Waals surface area contributed by atoms with E-state index in [2.05, 4.69) is 39.3 Å². The van der Waals surface area contributed by atoms with Gasteiger partial charge in [0.05, 0.1) is 38.6 Å². The molecule has 2 atom stereocenters. The third-order valence-corrected chi connectivity index (χ3v) is 6.69. The van der Waals surface area contributed by atoms with Gasteiger partial charge in [-0.25, -0.2) is 4.68 Å². The minimum Gasteiger partial charge on any atom is -0.497 e. The van der Waals surface area contributed by atoms with Gasteiger partial charge in [0.25, 0.3) is 5.56 Å². The number of ether oxygens (including phenoxy) is 2. The van der Waals surface area contributed by atoms with Gasteiger partial charge in [-0.05, 0) is 65.6 Å². The number of nitrogens with zero attached hydrogens (tertiary/aromatic N) is 5. The molecular formula is C26H32N6O4. The Morgan fingerprint density at radius 3 is 2.86 bits per heavy atom. The Bertz CT molecular complexity index is 1340. The average molecular weight is 493 g/mol. The van der Waals surface area contributed by atoms with Crippen LogP contribution >= 0.6 is 0 Å². The molecule has 190 valence electrons. The molecular weight excluding hydrogens is 460 g/mol. The first-order valence-corrected chi connectivity index (χ1v) is 12.4. The van der Waals surface area contributed by atoms with E-state index in [1.54, 1.807) is 13.4 Å². The van der Waals surface area contributed by atoms with Crippen LogP contribution < -0.4 is 10.3 Å². The highest BCUT2D eigenvalue weighted by molar-refractivity contribution is 5.80. The number of nitrogens with one attached hydrogen (secondary N) is 1. The van der Waals surface area contributed by atoms with Crippen molar-refractivity contribution in [2.75, 3.05) is 13.7 Å². The quantitative estimate of drug-likeness (QED) is 0.357. The van der Waals surface area contributed by atoms with E-state index < -0.39 is 0 Å². The number of hydrogen-bond acceptors (Lipinski definition) is 8. The van der Waals surface area contributed by atoms with Crippen LogP contribution in [0.5, 0.6) is 5.75 Å². The molecule has 0 saturated carbocycles. The second-order valence-electron chi connectivity index (χ2n) is 9.60. The maximum atomic E-state index is 13.1. The van der Waals surface area contributed by atoms with Crippen molar-refractivity contribution in [3.05, 3.63) is 70.2 Å². The average Bonchev–Trinajstić information content (AvgIpc) is 3.64. The lowest BCUT2D eigenvalue weighted by Gasteiger charge is -2.33. The molecule has 36 heavy (non-hydrogen) atoms. The summed E-state index contributed by atoms with van der Waals surface area (Å²) in [7, 11) is 1.63. The predicted octanol–water partition coefficient (Wildman–Crippen LogP) is 3.69. The van der Waals surface area contributed by atoms with Gasteiger partial charge >= 0.3 is 0 Å². The maximum absolute atomic E-state index is 13.1. The Labute approximate surface area is 209 Å². The Kier molecular flexibility index (Phi) is 7.15. The van der Waals surface area contributed by atoms with Crippen molar-refractivity contribution in [2.24, 2.45) is 5.92 Å². The zero-order valence-electron chi connectivity index (χ0n) is 20.9. The highest BCUT2D eigenvalue weighted by Crippen LogP contribution is 2.31. The molecule has 1 aliphatic rings. The Hall–Kier alpha value is -3.50. The molecule has 4 aromatic rings. The molecule has 1 N–H and O–H groups in total. The van der Waals surface area contributed by atoms with Crippen molar-refractivity contribution < 1.29 is 13.9 Å². The van der Waals surface area contributed by atoms with Gasteiger partial charge in [0.1, 0.15) is 11.5 Å². The summed E-state index contributed by atoms with van der Waals surface area (Å²) in [6.45, 7) is 6.55. The van der Waals surface area contributed by atoms with Gasteiger partial charge in [-0.3, -0.25) is 9.69 Å². The molecule has 1 aliphatic heterocycles. The second kappa shape index (κ2) is 10.6. The SMILES string of the molecule is COc1ccc2[nH]c(=O)c(CN(Cc3ccco3)C(c3nnnn3CC3CCCO3)C(C)C)cc2c1. The number of hydrogen-bond donors (Lipinski definition) is 1. The van der Waals surface area contributed by atoms with E-state index in [9.17, 15) is 4.79 Å². The van der Waals surface area contributed by atoms with Gasteiger partial charge in [0.2, 0.25) is 0 Å². The van der Waals surface area contributed by atoms with E-state index in [0.29, 0.717) is 25.2 Å². The third kappa shape index (κ3) is 5.19. The summed E-state index contributed by atoms with van der Waals surface area (Å²) >= 11 is 0. The number of benzene rings is 1. The third-order valence-electron chi connectivity index (χ3n) is 6.69. The summed E-state index contributed by atoms with van der Waals surface area (Å²) in [6, 6.07) is 11.2. The monoisotopic (exact) mass is 492 g/mol. The fraction of sp³-hybridized carbons (Fsp3) is 0.462. The topological polar surface area (TPSA) is 111 Å². The van der Waals surface area contributed by atoms with Crippen molar-refractivity contribution in [2.45, 2.75) is 58.5 Å². The van der Waals surface area contributed by atoms with Crippen LogP contribution in [0.3, 0.4) is 0 Å². The summed E-state index contributed by atoms with van der Waals surface area (Å²) in [5, 5.41) is 13.6. The minimum atomic E-state index is -0.160. The van der Waals surface area contributed by atoms with Crippen LogP contribution in [-0.2, 0) is 24.4 Å². The highest BCUT2D eigenvalue weighted by Gasteiger charge is 2.31. The number of rotatable bonds is 10. The molecule has 3 aromatic heterocycles. The lowest BCUT2D eigenvalue weighted by atomic mass is 10.00. The van der Waals surface area contributed by atoms with Crippen LogP contribution in [0, 0.1) is 5.92 Å². The Morgan fingerprint density at radius 2 is 2.14 bits per heavy atom. The molecule has 0 spiro atoms. The van der Waals surface area contributed by atoms with Crippen molar-refractivity contribution >= 4 is 10.9 Å². The molecule has 10 nitrogen and oxygen atoms in total. The standard InChI is InChI=1S/C26H32N6O4/c1-17(2)24(25-28-29-30-32(25)16-22-7-5-11-36-22)31(15-21-6-4-10-35-21)14-19-12-18-13-20(34-3)8-9-23(18)27-26(19)33/h4,6,8-10,12-13,17,22,24H,5,7,11,14-16H2,1-3H3,(H,27,33). The Morgan fingerprint density at radius 1 is 1.25 bits per heavy atom. The van der Waals surface area contributed by atoms with E-state index in [-0.39, 0.29) is 23.6 Å². The fourth-order valence-electron chi connectivity index (χ4n) is 4.97. The first kappa shape index (κ1) is 24.2. The molecule has 4 heterocycles. The summed E-state index contributed by atoms with van der Waals surface area (Å²) in [5.41, 5.74) is 1.28. The first-order valence-electron chi connectivity index (χ1n) is 12.4. The van der Waals surface area contributed by atoms with Crippen LogP contribution in [0.1, 0.15) is 49.9 Å². The summed E-state index contributed by atoms with van der Waals surface area (Å²) in [5.74, 6) is 2.46. The summed E-state index contributed by atoms with van der Waals surface area (Å²) in [4.78, 5) is 18.3. The number of pyridine rings is 1. The normalized spacial score (nSPS) is 16.9. The van der Waals surface area contributed by atoms with Crippen molar-refractivity contribution in [1.82, 2.24) is 30.1 Å². The van der Waals surface area contributed by atoms with E-state index in [4.69, 9.17) is 13.9 Å². The van der Waals surface area contributed by atoms with Gasteiger partial charge < -0.3 is 18.9 Å². The lowest BCUT2D eigenvalue weighted by molar-refractivity contribution is 0.0836. The van der Waals surface area contributed by atoms with E-state index in [0.717, 1.165) is 47.7 Å². The van der Waals surface area contributed by atoms with Crippen molar-refractivity contribution in [3.8, 4) is 5.75 Å². The van der Waals surface area contributed by atoms with E-state index in [1.165, 1.54) is 0 Å². The van der Waals surface area contributed by atoms with Gasteiger partial charge in [0, 0.05) is 29.6 Å². The van der Waals surface area contributed by atoms with Crippen molar-refractivity contribution in [3.63, 3.8) is 0 Å². The zero-order valence-corrected chi connectivity index (χ0v) is 20.9. The van der Waals surface area contributed by atoms with E-state index in [1.807, 2.05) is 41.1 Å². The molecule has 0 amide bonds. The molecule has 0 radical (unpaired) electrons. The number of furan rings is 1. The molecule has 1 fully saturated rings. The van der Waals surface area contributed by atoms with Gasteiger partial charge in [0.15, 0.2) is 5.82 Å². The van der Waals surface area contributed by atoms with Crippen LogP contribution in [0.4, 0.5) is 0 Å². The highest BCUT2D eigenvalue weighted by atomic mass is 16.5. The first-order chi connectivity index (χ1) is 17.5. The number of methoxy groups -OCH3 is 1. The molecule has 10 heteroatoms. The van der Waals surface area contributed by atoms with Crippen LogP contribution in [0.15, 0.2) is 51.9 Å². The largest absolute Gasteiger partial charge is 0.497 e. The zero-order chi connectivity index (χ0) is 25.1. The van der Waals surface area contributed by atoms with Gasteiger partial charge in [-0.2, -0.15) is 0 Å².